The number of nitrogens with zero attached hydrogens (tertiary/aromatic N) is 1. The van der Waals surface area contributed by atoms with E-state index < -0.39 is 29.6 Å². The summed E-state index contributed by atoms with van der Waals surface area (Å²) in [6.45, 7) is 0. The van der Waals surface area contributed by atoms with Crippen LogP contribution in [0.25, 0.3) is 0 Å². The molecule has 8 heteroatoms. The van der Waals surface area contributed by atoms with Crippen molar-refractivity contribution >= 4 is 11.5 Å². The van der Waals surface area contributed by atoms with Crippen molar-refractivity contribution < 1.29 is 22.3 Å². The normalized spacial score (nSPS) is 11.4. The first-order valence-corrected chi connectivity index (χ1v) is 3.27. The first kappa shape index (κ1) is 10.4. The van der Waals surface area contributed by atoms with Crippen LogP contribution < -0.4 is 16.2 Å². The first-order valence-electron chi connectivity index (χ1n) is 3.27. The summed E-state index contributed by atoms with van der Waals surface area (Å²) in [4.78, 5) is 3.00. The molecule has 4 nitrogen and oxygen atoms in total. The molecular weight excluding hydrogens is 206 g/mol. The molecule has 0 fully saturated rings. The zero-order valence-corrected chi connectivity index (χ0v) is 6.60. The third-order valence-electron chi connectivity index (χ3n) is 1.21. The van der Waals surface area contributed by atoms with Gasteiger partial charge >= 0.3 is 6.36 Å². The van der Waals surface area contributed by atoms with Gasteiger partial charge in [-0.2, -0.15) is 4.98 Å². The zero-order chi connectivity index (χ0) is 10.9. The second-order valence-electron chi connectivity index (χ2n) is 2.30. The molecule has 0 amide bonds. The maximum Gasteiger partial charge on any atom is 0.574 e. The number of hydrogen-bond donors (Lipinski definition) is 2. The number of halogens is 4. The van der Waals surface area contributed by atoms with Crippen molar-refractivity contribution in [2.45, 2.75) is 6.36 Å². The lowest BCUT2D eigenvalue weighted by Gasteiger charge is -2.09. The van der Waals surface area contributed by atoms with E-state index in [0.717, 1.165) is 0 Å². The molecule has 14 heavy (non-hydrogen) atoms. The second kappa shape index (κ2) is 3.20. The number of ether oxygens (including phenoxy) is 1. The Morgan fingerprint density at radius 1 is 1.29 bits per heavy atom. The Morgan fingerprint density at radius 3 is 2.29 bits per heavy atom. The van der Waals surface area contributed by atoms with Crippen molar-refractivity contribution in [2.75, 3.05) is 11.5 Å². The van der Waals surface area contributed by atoms with Crippen LogP contribution in [0.2, 0.25) is 0 Å². The Kier molecular flexibility index (Phi) is 2.37. The maximum absolute atomic E-state index is 12.7. The minimum atomic E-state index is -4.91. The van der Waals surface area contributed by atoms with Crippen LogP contribution in [-0.2, 0) is 0 Å². The molecule has 0 unspecified atom stereocenters. The highest BCUT2D eigenvalue weighted by molar-refractivity contribution is 5.51. The van der Waals surface area contributed by atoms with E-state index in [1.54, 1.807) is 0 Å². The second-order valence-corrected chi connectivity index (χ2v) is 2.30. The van der Waals surface area contributed by atoms with Gasteiger partial charge in [0.25, 0.3) is 0 Å². The first-order chi connectivity index (χ1) is 6.29. The van der Waals surface area contributed by atoms with Crippen molar-refractivity contribution in [3.8, 4) is 5.88 Å². The van der Waals surface area contributed by atoms with Crippen molar-refractivity contribution in [3.63, 3.8) is 0 Å². The van der Waals surface area contributed by atoms with E-state index in [9.17, 15) is 17.6 Å². The number of nitrogens with two attached hydrogens (primary N) is 2. The van der Waals surface area contributed by atoms with Crippen molar-refractivity contribution in [1.29, 1.82) is 0 Å². The number of pyridine rings is 1. The van der Waals surface area contributed by atoms with Gasteiger partial charge in [0.05, 0.1) is 5.69 Å². The van der Waals surface area contributed by atoms with Crippen molar-refractivity contribution in [3.05, 3.63) is 11.9 Å². The Balaban J connectivity index is 3.02. The molecule has 0 aromatic carbocycles. The topological polar surface area (TPSA) is 74.2 Å². The Morgan fingerprint density at radius 2 is 1.86 bits per heavy atom. The Bertz CT molecular complexity index is 328. The van der Waals surface area contributed by atoms with E-state index in [0.29, 0.717) is 6.07 Å². The highest BCUT2D eigenvalue weighted by Gasteiger charge is 2.32. The Hall–Kier alpha value is -1.73. The number of alkyl halides is 3. The average Bonchev–Trinajstić information content (AvgIpc) is 1.96. The monoisotopic (exact) mass is 211 g/mol. The molecule has 0 spiro atoms. The van der Waals surface area contributed by atoms with E-state index in [2.05, 4.69) is 9.72 Å². The van der Waals surface area contributed by atoms with Gasteiger partial charge in [-0.1, -0.05) is 0 Å². The standard InChI is InChI=1S/C6H5F4N3O/c7-4-2(11)1-3(13-5(4)12)14-6(8,9)10/h1H,(H4,11,12,13). The van der Waals surface area contributed by atoms with Gasteiger partial charge < -0.3 is 16.2 Å². The maximum atomic E-state index is 12.7. The van der Waals surface area contributed by atoms with E-state index in [-0.39, 0.29) is 0 Å². The van der Waals surface area contributed by atoms with E-state index in [4.69, 9.17) is 11.5 Å². The summed E-state index contributed by atoms with van der Waals surface area (Å²) < 4.78 is 51.1. The molecule has 1 aromatic heterocycles. The molecule has 0 radical (unpaired) electrons. The summed E-state index contributed by atoms with van der Waals surface area (Å²) in [5, 5.41) is 0. The highest BCUT2D eigenvalue weighted by atomic mass is 19.4. The van der Waals surface area contributed by atoms with E-state index in [1.165, 1.54) is 0 Å². The molecule has 0 saturated heterocycles. The number of hydrogen-bond acceptors (Lipinski definition) is 4. The summed E-state index contributed by atoms with van der Waals surface area (Å²) in [6, 6.07) is 0.596. The summed E-state index contributed by atoms with van der Waals surface area (Å²) in [5.41, 5.74) is 9.37. The fraction of sp³-hybridized carbons (Fsp3) is 0.167. The van der Waals surface area contributed by atoms with E-state index >= 15 is 0 Å². The van der Waals surface area contributed by atoms with Crippen LogP contribution in [0.3, 0.4) is 0 Å². The van der Waals surface area contributed by atoms with Crippen LogP contribution >= 0.6 is 0 Å². The van der Waals surface area contributed by atoms with Crippen LogP contribution in [-0.4, -0.2) is 11.3 Å². The summed E-state index contributed by atoms with van der Waals surface area (Å²) in [6.07, 6.45) is -4.91. The van der Waals surface area contributed by atoms with E-state index in [1.807, 2.05) is 0 Å². The molecule has 4 N–H and O–H groups in total. The molecule has 0 bridgehead atoms. The molecule has 0 saturated carbocycles. The smallest absolute Gasteiger partial charge is 0.396 e. The van der Waals surface area contributed by atoms with Crippen molar-refractivity contribution in [2.24, 2.45) is 0 Å². The summed E-state index contributed by atoms with van der Waals surface area (Å²) in [7, 11) is 0. The molecule has 0 aliphatic rings. The van der Waals surface area contributed by atoms with Crippen LogP contribution in [0.4, 0.5) is 29.1 Å². The SMILES string of the molecule is Nc1cc(OC(F)(F)F)nc(N)c1F. The van der Waals surface area contributed by atoms with Crippen molar-refractivity contribution in [1.82, 2.24) is 4.98 Å². The molecule has 0 atom stereocenters. The number of rotatable bonds is 1. The van der Waals surface area contributed by atoms with Gasteiger partial charge in [-0.15, -0.1) is 13.2 Å². The molecule has 0 aliphatic heterocycles. The van der Waals surface area contributed by atoms with Crippen LogP contribution in [0.5, 0.6) is 5.88 Å². The fourth-order valence-electron chi connectivity index (χ4n) is 0.715. The summed E-state index contributed by atoms with van der Waals surface area (Å²) in [5.74, 6) is -2.71. The van der Waals surface area contributed by atoms with Gasteiger partial charge in [0.1, 0.15) is 0 Å². The molecule has 1 rings (SSSR count). The lowest BCUT2D eigenvalue weighted by atomic mass is 10.4. The lowest BCUT2D eigenvalue weighted by molar-refractivity contribution is -0.276. The minimum Gasteiger partial charge on any atom is -0.396 e. The molecular formula is C6H5F4N3O. The number of nitrogen functional groups attached to an aromatic ring is 2. The predicted octanol–water partition coefficient (Wildman–Crippen LogP) is 1.28. The van der Waals surface area contributed by atoms with Gasteiger partial charge in [0.15, 0.2) is 11.6 Å². The molecule has 0 aliphatic carbocycles. The van der Waals surface area contributed by atoms with Gasteiger partial charge in [0.2, 0.25) is 5.88 Å². The average molecular weight is 211 g/mol. The van der Waals surface area contributed by atoms with Crippen LogP contribution in [0.1, 0.15) is 0 Å². The van der Waals surface area contributed by atoms with Gasteiger partial charge in [0, 0.05) is 6.07 Å². The quantitative estimate of drug-likeness (QED) is 0.686. The molecule has 1 heterocycles. The largest absolute Gasteiger partial charge is 0.574 e. The van der Waals surface area contributed by atoms with Gasteiger partial charge in [-0.3, -0.25) is 0 Å². The fourth-order valence-corrected chi connectivity index (χ4v) is 0.715. The van der Waals surface area contributed by atoms with Crippen LogP contribution in [0.15, 0.2) is 6.07 Å². The van der Waals surface area contributed by atoms with Gasteiger partial charge in [-0.25, -0.2) is 4.39 Å². The number of aromatic nitrogens is 1. The lowest BCUT2D eigenvalue weighted by Crippen LogP contribution is -2.18. The number of anilines is 2. The Labute approximate surface area is 75.5 Å². The zero-order valence-electron chi connectivity index (χ0n) is 6.60. The third kappa shape index (κ3) is 2.38. The predicted molar refractivity (Wildman–Crippen MR) is 39.7 cm³/mol. The highest BCUT2D eigenvalue weighted by Crippen LogP contribution is 2.25. The van der Waals surface area contributed by atoms with Crippen LogP contribution in [0, 0.1) is 5.82 Å². The minimum absolute atomic E-state index is 0.559. The third-order valence-corrected chi connectivity index (χ3v) is 1.21. The summed E-state index contributed by atoms with van der Waals surface area (Å²) >= 11 is 0. The molecule has 1 aromatic rings. The van der Waals surface area contributed by atoms with Gasteiger partial charge in [-0.05, 0) is 0 Å². The molecule has 78 valence electrons.